The summed E-state index contributed by atoms with van der Waals surface area (Å²) in [4.78, 5) is 37.4. The first-order chi connectivity index (χ1) is 11.7. The summed E-state index contributed by atoms with van der Waals surface area (Å²) in [6.45, 7) is 14.2. The molecule has 0 radical (unpaired) electrons. The van der Waals surface area contributed by atoms with Gasteiger partial charge in [0, 0.05) is 60.0 Å². The van der Waals surface area contributed by atoms with E-state index < -0.39 is 0 Å². The maximum Gasteiger partial charge on any atom is 0.222 e. The number of nitrogens with zero attached hydrogens (tertiary/aromatic N) is 3. The molecular formula is C19H41N3O3. The van der Waals surface area contributed by atoms with E-state index in [4.69, 9.17) is 0 Å². The first kappa shape index (κ1) is 28.2. The van der Waals surface area contributed by atoms with Crippen LogP contribution in [0.1, 0.15) is 67.2 Å². The zero-order valence-electron chi connectivity index (χ0n) is 18.0. The smallest absolute Gasteiger partial charge is 0.222 e. The molecule has 0 saturated heterocycles. The molecule has 25 heavy (non-hydrogen) atoms. The van der Waals surface area contributed by atoms with Crippen molar-refractivity contribution in [2.24, 2.45) is 0 Å². The van der Waals surface area contributed by atoms with E-state index >= 15 is 0 Å². The SMILES string of the molecule is CCC(=O)N(C)C.CCC(=O)N(C)CC.CCCC(=O)N(CC)CC. The fraction of sp³-hybridized carbons (Fsp3) is 0.842. The summed E-state index contributed by atoms with van der Waals surface area (Å²) in [7, 11) is 5.32. The van der Waals surface area contributed by atoms with E-state index in [0.717, 1.165) is 26.1 Å². The van der Waals surface area contributed by atoms with E-state index in [1.165, 1.54) is 0 Å². The predicted octanol–water partition coefficient (Wildman–Crippen LogP) is 3.01. The molecule has 0 heterocycles. The number of amides is 3. The van der Waals surface area contributed by atoms with E-state index in [-0.39, 0.29) is 17.7 Å². The average molecular weight is 360 g/mol. The van der Waals surface area contributed by atoms with Crippen molar-refractivity contribution in [1.82, 2.24) is 14.7 Å². The monoisotopic (exact) mass is 359 g/mol. The minimum atomic E-state index is 0.181. The Morgan fingerprint density at radius 2 is 1.08 bits per heavy atom. The zero-order chi connectivity index (χ0) is 20.4. The Morgan fingerprint density at radius 3 is 1.24 bits per heavy atom. The van der Waals surface area contributed by atoms with Crippen LogP contribution in [0.15, 0.2) is 0 Å². The number of hydrogen-bond donors (Lipinski definition) is 0. The van der Waals surface area contributed by atoms with Gasteiger partial charge in [0.15, 0.2) is 0 Å². The highest BCUT2D eigenvalue weighted by atomic mass is 16.2. The Hall–Kier alpha value is -1.59. The molecule has 0 unspecified atom stereocenters. The number of hydrogen-bond acceptors (Lipinski definition) is 3. The summed E-state index contributed by atoms with van der Waals surface area (Å²) < 4.78 is 0. The fourth-order valence-electron chi connectivity index (χ4n) is 1.71. The van der Waals surface area contributed by atoms with Gasteiger partial charge in [-0.15, -0.1) is 0 Å². The lowest BCUT2D eigenvalue weighted by atomic mass is 10.3. The summed E-state index contributed by atoms with van der Waals surface area (Å²) in [5, 5.41) is 0. The molecule has 0 saturated carbocycles. The van der Waals surface area contributed by atoms with Crippen molar-refractivity contribution in [1.29, 1.82) is 0 Å². The molecule has 0 aliphatic carbocycles. The lowest BCUT2D eigenvalue weighted by molar-refractivity contribution is -0.131. The fourth-order valence-corrected chi connectivity index (χ4v) is 1.71. The Kier molecular flexibility index (Phi) is 21.2. The molecule has 0 aromatic carbocycles. The molecule has 0 aliphatic rings. The summed E-state index contributed by atoms with van der Waals surface area (Å²) in [6, 6.07) is 0. The van der Waals surface area contributed by atoms with Gasteiger partial charge in [-0.25, -0.2) is 0 Å². The van der Waals surface area contributed by atoms with Gasteiger partial charge in [0.25, 0.3) is 0 Å². The van der Waals surface area contributed by atoms with Crippen LogP contribution < -0.4 is 0 Å². The molecule has 0 aliphatic heterocycles. The van der Waals surface area contributed by atoms with Gasteiger partial charge in [0.05, 0.1) is 0 Å². The summed E-state index contributed by atoms with van der Waals surface area (Å²) in [5.41, 5.74) is 0. The highest BCUT2D eigenvalue weighted by Crippen LogP contribution is 1.95. The molecule has 0 rings (SSSR count). The van der Waals surface area contributed by atoms with Crippen LogP contribution in [0.3, 0.4) is 0 Å². The topological polar surface area (TPSA) is 60.9 Å². The molecule has 6 nitrogen and oxygen atoms in total. The largest absolute Gasteiger partial charge is 0.349 e. The lowest BCUT2D eigenvalue weighted by Gasteiger charge is -2.17. The molecule has 0 bridgehead atoms. The zero-order valence-corrected chi connectivity index (χ0v) is 18.0. The second-order valence-electron chi connectivity index (χ2n) is 5.72. The quantitative estimate of drug-likeness (QED) is 0.702. The van der Waals surface area contributed by atoms with E-state index in [1.54, 1.807) is 23.9 Å². The van der Waals surface area contributed by atoms with E-state index in [9.17, 15) is 14.4 Å². The van der Waals surface area contributed by atoms with Crippen molar-refractivity contribution < 1.29 is 14.4 Å². The van der Waals surface area contributed by atoms with Crippen LogP contribution in [-0.4, -0.2) is 73.2 Å². The third-order valence-electron chi connectivity index (χ3n) is 3.58. The third-order valence-corrected chi connectivity index (χ3v) is 3.58. The van der Waals surface area contributed by atoms with Crippen molar-refractivity contribution >= 4 is 17.7 Å². The van der Waals surface area contributed by atoms with Gasteiger partial charge in [-0.1, -0.05) is 20.8 Å². The van der Waals surface area contributed by atoms with Gasteiger partial charge in [0.1, 0.15) is 0 Å². The van der Waals surface area contributed by atoms with Crippen LogP contribution in [-0.2, 0) is 14.4 Å². The Balaban J connectivity index is -0.000000296. The molecule has 0 N–H and O–H groups in total. The molecule has 150 valence electrons. The van der Waals surface area contributed by atoms with Crippen molar-refractivity contribution in [3.8, 4) is 0 Å². The second kappa shape index (κ2) is 18.7. The Labute approximate surface area is 155 Å². The second-order valence-corrected chi connectivity index (χ2v) is 5.72. The standard InChI is InChI=1S/C8H17NO.C6H13NO.C5H11NO/c1-4-7-8(10)9(5-2)6-3;1-4-6(8)7(3)5-2;1-4-5(7)6(2)3/h4-7H2,1-3H3;4-5H2,1-3H3;4H2,1-3H3. The van der Waals surface area contributed by atoms with Gasteiger partial charge in [-0.3, -0.25) is 14.4 Å². The van der Waals surface area contributed by atoms with Crippen LogP contribution >= 0.6 is 0 Å². The molecule has 0 spiro atoms. The number of carbonyl (C=O) groups excluding carboxylic acids is 3. The maximum atomic E-state index is 11.1. The summed E-state index contributed by atoms with van der Waals surface area (Å²) >= 11 is 0. The van der Waals surface area contributed by atoms with Crippen LogP contribution in [0.5, 0.6) is 0 Å². The molecule has 0 aromatic rings. The van der Waals surface area contributed by atoms with E-state index in [1.807, 2.05) is 53.5 Å². The van der Waals surface area contributed by atoms with Crippen molar-refractivity contribution in [3.05, 3.63) is 0 Å². The Morgan fingerprint density at radius 1 is 0.640 bits per heavy atom. The molecular weight excluding hydrogens is 318 g/mol. The summed E-state index contributed by atoms with van der Waals surface area (Å²) in [6.07, 6.45) is 2.87. The van der Waals surface area contributed by atoms with Gasteiger partial charge < -0.3 is 14.7 Å². The first-order valence-electron chi connectivity index (χ1n) is 9.38. The lowest BCUT2D eigenvalue weighted by Crippen LogP contribution is -2.29. The maximum absolute atomic E-state index is 11.1. The van der Waals surface area contributed by atoms with Gasteiger partial charge >= 0.3 is 0 Å². The third kappa shape index (κ3) is 17.0. The number of rotatable bonds is 7. The van der Waals surface area contributed by atoms with Crippen LogP contribution in [0.2, 0.25) is 0 Å². The van der Waals surface area contributed by atoms with Gasteiger partial charge in [-0.05, 0) is 27.2 Å². The predicted molar refractivity (Wildman–Crippen MR) is 105 cm³/mol. The van der Waals surface area contributed by atoms with E-state index in [0.29, 0.717) is 19.3 Å². The highest BCUT2D eigenvalue weighted by Gasteiger charge is 2.06. The number of carbonyl (C=O) groups is 3. The van der Waals surface area contributed by atoms with Gasteiger partial charge in [0.2, 0.25) is 17.7 Å². The van der Waals surface area contributed by atoms with Crippen LogP contribution in [0.4, 0.5) is 0 Å². The van der Waals surface area contributed by atoms with Crippen molar-refractivity contribution in [2.45, 2.75) is 67.2 Å². The van der Waals surface area contributed by atoms with E-state index in [2.05, 4.69) is 0 Å². The van der Waals surface area contributed by atoms with Crippen LogP contribution in [0, 0.1) is 0 Å². The van der Waals surface area contributed by atoms with Gasteiger partial charge in [-0.2, -0.15) is 0 Å². The van der Waals surface area contributed by atoms with Crippen molar-refractivity contribution in [3.63, 3.8) is 0 Å². The van der Waals surface area contributed by atoms with Crippen LogP contribution in [0.25, 0.3) is 0 Å². The highest BCUT2D eigenvalue weighted by molar-refractivity contribution is 5.76. The Bertz CT molecular complexity index is 354. The molecule has 0 fully saturated rings. The van der Waals surface area contributed by atoms with Crippen molar-refractivity contribution in [2.75, 3.05) is 40.8 Å². The first-order valence-corrected chi connectivity index (χ1v) is 9.38. The molecule has 0 atom stereocenters. The molecule has 3 amide bonds. The molecule has 6 heteroatoms. The normalized spacial score (nSPS) is 9.00. The molecule has 0 aromatic heterocycles. The average Bonchev–Trinajstić information content (AvgIpc) is 2.61. The summed E-state index contributed by atoms with van der Waals surface area (Å²) in [5.74, 6) is 0.681. The minimum absolute atomic E-state index is 0.181. The minimum Gasteiger partial charge on any atom is -0.349 e.